The van der Waals surface area contributed by atoms with Crippen LogP contribution in [0, 0.1) is 6.92 Å². The number of thiophene rings is 1. The molecule has 0 saturated carbocycles. The zero-order valence-corrected chi connectivity index (χ0v) is 13.2. The van der Waals surface area contributed by atoms with Crippen LogP contribution in [0.3, 0.4) is 0 Å². The Bertz CT molecular complexity index is 608. The Kier molecular flexibility index (Phi) is 3.52. The number of fused-ring (bicyclic) bond motifs is 1. The van der Waals surface area contributed by atoms with Gasteiger partial charge in [-0.25, -0.2) is 4.79 Å². The molecule has 0 bridgehead atoms. The van der Waals surface area contributed by atoms with Crippen LogP contribution in [0.25, 0.3) is 10.1 Å². The van der Waals surface area contributed by atoms with E-state index in [1.54, 1.807) is 0 Å². The highest BCUT2D eigenvalue weighted by atomic mass is 79.9. The maximum Gasteiger partial charge on any atom is 0.348 e. The van der Waals surface area contributed by atoms with Crippen molar-refractivity contribution in [2.24, 2.45) is 0 Å². The number of aryl methyl sites for hydroxylation is 1. The molecule has 96 valence electrons. The molecular weight excluding hydrogens is 312 g/mol. The molecule has 1 heterocycles. The van der Waals surface area contributed by atoms with E-state index >= 15 is 0 Å². The standard InChI is InChI=1S/C14H15BrO2S/c1-8-5-6-9-7-10(18-12(9)11(8)15)13(16)17-14(2,3)4/h5-7H,1-4H3. The van der Waals surface area contributed by atoms with Gasteiger partial charge in [-0.3, -0.25) is 0 Å². The van der Waals surface area contributed by atoms with Crippen molar-refractivity contribution in [1.29, 1.82) is 0 Å². The van der Waals surface area contributed by atoms with E-state index in [9.17, 15) is 4.79 Å². The van der Waals surface area contributed by atoms with E-state index in [0.29, 0.717) is 4.88 Å². The fourth-order valence-corrected chi connectivity index (χ4v) is 3.23. The van der Waals surface area contributed by atoms with Crippen LogP contribution in [-0.4, -0.2) is 11.6 Å². The third-order valence-corrected chi connectivity index (χ3v) is 4.85. The molecule has 0 spiro atoms. The maximum absolute atomic E-state index is 12.0. The first kappa shape index (κ1) is 13.6. The van der Waals surface area contributed by atoms with Crippen molar-refractivity contribution in [3.8, 4) is 0 Å². The van der Waals surface area contributed by atoms with E-state index in [4.69, 9.17) is 4.74 Å². The van der Waals surface area contributed by atoms with Gasteiger partial charge in [0.1, 0.15) is 10.5 Å². The summed E-state index contributed by atoms with van der Waals surface area (Å²) in [5, 5.41) is 1.07. The molecule has 0 aliphatic rings. The Hall–Kier alpha value is -0.870. The average Bonchev–Trinajstić information content (AvgIpc) is 2.66. The lowest BCUT2D eigenvalue weighted by atomic mass is 10.2. The van der Waals surface area contributed by atoms with Gasteiger partial charge in [0.25, 0.3) is 0 Å². The van der Waals surface area contributed by atoms with Crippen LogP contribution in [0.2, 0.25) is 0 Å². The van der Waals surface area contributed by atoms with Gasteiger partial charge in [-0.2, -0.15) is 0 Å². The number of benzene rings is 1. The number of carbonyl (C=O) groups excluding carboxylic acids is 1. The van der Waals surface area contributed by atoms with E-state index in [1.165, 1.54) is 16.9 Å². The van der Waals surface area contributed by atoms with E-state index in [2.05, 4.69) is 15.9 Å². The Morgan fingerprint density at radius 1 is 1.33 bits per heavy atom. The fourth-order valence-electron chi connectivity index (χ4n) is 1.60. The van der Waals surface area contributed by atoms with Gasteiger partial charge in [0, 0.05) is 9.17 Å². The minimum absolute atomic E-state index is 0.256. The Balaban J connectivity index is 2.42. The predicted octanol–water partition coefficient (Wildman–Crippen LogP) is 4.93. The summed E-state index contributed by atoms with van der Waals surface area (Å²) in [7, 11) is 0. The van der Waals surface area contributed by atoms with Crippen molar-refractivity contribution < 1.29 is 9.53 Å². The van der Waals surface area contributed by atoms with Gasteiger partial charge in [0.05, 0.1) is 0 Å². The molecule has 2 nitrogen and oxygen atoms in total. The molecule has 0 radical (unpaired) electrons. The lowest BCUT2D eigenvalue weighted by Gasteiger charge is -2.18. The number of rotatable bonds is 1. The number of esters is 1. The molecule has 0 saturated heterocycles. The van der Waals surface area contributed by atoms with Crippen molar-refractivity contribution >= 4 is 43.3 Å². The molecule has 0 aliphatic carbocycles. The van der Waals surface area contributed by atoms with Gasteiger partial charge in [0.15, 0.2) is 0 Å². The summed E-state index contributed by atoms with van der Waals surface area (Å²) in [6.45, 7) is 7.66. The van der Waals surface area contributed by atoms with E-state index in [1.807, 2.05) is 45.9 Å². The lowest BCUT2D eigenvalue weighted by molar-refractivity contribution is 0.00753. The number of ether oxygens (including phenoxy) is 1. The third kappa shape index (κ3) is 2.75. The monoisotopic (exact) mass is 326 g/mol. The van der Waals surface area contributed by atoms with Gasteiger partial charge < -0.3 is 4.74 Å². The average molecular weight is 327 g/mol. The second-order valence-electron chi connectivity index (χ2n) is 5.23. The number of carbonyl (C=O) groups is 1. The zero-order chi connectivity index (χ0) is 13.5. The van der Waals surface area contributed by atoms with Gasteiger partial charge in [-0.15, -0.1) is 11.3 Å². The number of hydrogen-bond acceptors (Lipinski definition) is 3. The Morgan fingerprint density at radius 2 is 2.00 bits per heavy atom. The van der Waals surface area contributed by atoms with Crippen LogP contribution >= 0.6 is 27.3 Å². The first-order chi connectivity index (χ1) is 8.28. The van der Waals surface area contributed by atoms with E-state index in [0.717, 1.165) is 14.6 Å². The summed E-state index contributed by atoms with van der Waals surface area (Å²) >= 11 is 5.03. The van der Waals surface area contributed by atoms with Crippen molar-refractivity contribution in [1.82, 2.24) is 0 Å². The predicted molar refractivity (Wildman–Crippen MR) is 79.4 cm³/mol. The van der Waals surface area contributed by atoms with Gasteiger partial charge in [-0.05, 0) is 60.6 Å². The third-order valence-electron chi connectivity index (χ3n) is 2.42. The second kappa shape index (κ2) is 4.67. The lowest BCUT2D eigenvalue weighted by Crippen LogP contribution is -2.23. The summed E-state index contributed by atoms with van der Waals surface area (Å²) in [6, 6.07) is 5.95. The number of halogens is 1. The van der Waals surface area contributed by atoms with E-state index < -0.39 is 5.60 Å². The van der Waals surface area contributed by atoms with Crippen LogP contribution in [0.1, 0.15) is 36.0 Å². The van der Waals surface area contributed by atoms with Crippen LogP contribution < -0.4 is 0 Å². The quantitative estimate of drug-likeness (QED) is 0.694. The summed E-state index contributed by atoms with van der Waals surface area (Å²) in [5.74, 6) is -0.256. The summed E-state index contributed by atoms with van der Waals surface area (Å²) in [6.07, 6.45) is 0. The molecule has 0 amide bonds. The largest absolute Gasteiger partial charge is 0.456 e. The molecule has 1 aromatic carbocycles. The summed E-state index contributed by atoms with van der Waals surface area (Å²) < 4.78 is 7.53. The number of hydrogen-bond donors (Lipinski definition) is 0. The minimum atomic E-state index is -0.458. The minimum Gasteiger partial charge on any atom is -0.456 e. The second-order valence-corrected chi connectivity index (χ2v) is 7.07. The molecule has 0 unspecified atom stereocenters. The van der Waals surface area contributed by atoms with E-state index in [-0.39, 0.29) is 5.97 Å². The first-order valence-corrected chi connectivity index (χ1v) is 7.31. The highest BCUT2D eigenvalue weighted by Gasteiger charge is 2.20. The molecule has 2 rings (SSSR count). The van der Waals surface area contributed by atoms with Crippen molar-refractivity contribution in [2.75, 3.05) is 0 Å². The van der Waals surface area contributed by atoms with Crippen molar-refractivity contribution in [3.05, 3.63) is 33.1 Å². The molecule has 18 heavy (non-hydrogen) atoms. The van der Waals surface area contributed by atoms with Crippen LogP contribution in [0.5, 0.6) is 0 Å². The van der Waals surface area contributed by atoms with Gasteiger partial charge in [0.2, 0.25) is 0 Å². The highest BCUT2D eigenvalue weighted by molar-refractivity contribution is 9.10. The first-order valence-electron chi connectivity index (χ1n) is 5.70. The van der Waals surface area contributed by atoms with Crippen LogP contribution in [0.4, 0.5) is 0 Å². The topological polar surface area (TPSA) is 26.3 Å². The smallest absolute Gasteiger partial charge is 0.348 e. The Morgan fingerprint density at radius 3 is 2.61 bits per heavy atom. The molecule has 1 aromatic heterocycles. The molecular formula is C14H15BrO2S. The van der Waals surface area contributed by atoms with Gasteiger partial charge in [-0.1, -0.05) is 12.1 Å². The normalized spacial score (nSPS) is 11.8. The van der Waals surface area contributed by atoms with Gasteiger partial charge >= 0.3 is 5.97 Å². The zero-order valence-electron chi connectivity index (χ0n) is 10.8. The molecule has 0 atom stereocenters. The molecule has 2 aromatic rings. The summed E-state index contributed by atoms with van der Waals surface area (Å²) in [4.78, 5) is 12.6. The van der Waals surface area contributed by atoms with Crippen molar-refractivity contribution in [3.63, 3.8) is 0 Å². The summed E-state index contributed by atoms with van der Waals surface area (Å²) in [5.41, 5.74) is 0.709. The van der Waals surface area contributed by atoms with Crippen LogP contribution in [0.15, 0.2) is 22.7 Å². The Labute approximate surface area is 119 Å². The highest BCUT2D eigenvalue weighted by Crippen LogP contribution is 2.34. The van der Waals surface area contributed by atoms with Crippen molar-refractivity contribution in [2.45, 2.75) is 33.3 Å². The molecule has 0 fully saturated rings. The maximum atomic E-state index is 12.0. The molecule has 0 N–H and O–H groups in total. The van der Waals surface area contributed by atoms with Crippen LogP contribution in [-0.2, 0) is 4.74 Å². The fraction of sp³-hybridized carbons (Fsp3) is 0.357. The molecule has 0 aliphatic heterocycles. The SMILES string of the molecule is Cc1ccc2cc(C(=O)OC(C)(C)C)sc2c1Br. The molecule has 4 heteroatoms.